The smallest absolute Gasteiger partial charge is 0.243 e. The highest BCUT2D eigenvalue weighted by molar-refractivity contribution is 7.89. The maximum atomic E-state index is 12.1. The summed E-state index contributed by atoms with van der Waals surface area (Å²) in [6.45, 7) is 0.201. The molecule has 0 atom stereocenters. The number of nitrogens with zero attached hydrogens (tertiary/aromatic N) is 4. The van der Waals surface area contributed by atoms with Gasteiger partial charge in [-0.2, -0.15) is 5.26 Å². The second kappa shape index (κ2) is 5.81. The van der Waals surface area contributed by atoms with Gasteiger partial charge in [0.25, 0.3) is 0 Å². The lowest BCUT2D eigenvalue weighted by Gasteiger charge is -2.07. The molecule has 7 nitrogen and oxygen atoms in total. The van der Waals surface area contributed by atoms with E-state index in [0.717, 1.165) is 5.82 Å². The normalized spacial score (nSPS) is 11.2. The van der Waals surface area contributed by atoms with Crippen LogP contribution >= 0.6 is 0 Å². The summed E-state index contributed by atoms with van der Waals surface area (Å²) < 4.78 is 28.5. The Morgan fingerprint density at radius 2 is 2.20 bits per heavy atom. The van der Waals surface area contributed by atoms with Crippen molar-refractivity contribution < 1.29 is 8.42 Å². The van der Waals surface area contributed by atoms with Crippen LogP contribution in [0.5, 0.6) is 0 Å². The lowest BCUT2D eigenvalue weighted by atomic mass is 10.4. The number of pyridine rings is 1. The lowest BCUT2D eigenvalue weighted by Crippen LogP contribution is -2.27. The Morgan fingerprint density at radius 1 is 1.40 bits per heavy atom. The average molecular weight is 291 g/mol. The number of aromatic nitrogens is 3. The number of sulfonamides is 1. The molecule has 0 amide bonds. The van der Waals surface area contributed by atoms with Gasteiger partial charge in [0.1, 0.15) is 16.8 Å². The molecule has 2 heterocycles. The Balaban J connectivity index is 2.09. The Bertz CT molecular complexity index is 745. The van der Waals surface area contributed by atoms with Crippen molar-refractivity contribution in [3.05, 3.63) is 42.2 Å². The fourth-order valence-electron chi connectivity index (χ4n) is 1.70. The first kappa shape index (κ1) is 14.2. The van der Waals surface area contributed by atoms with Crippen LogP contribution in [0.1, 0.15) is 11.5 Å². The van der Waals surface area contributed by atoms with Crippen LogP contribution in [0.4, 0.5) is 0 Å². The molecule has 0 spiro atoms. The van der Waals surface area contributed by atoms with Gasteiger partial charge in [0.15, 0.2) is 5.69 Å². The van der Waals surface area contributed by atoms with Gasteiger partial charge in [-0.1, -0.05) is 0 Å². The zero-order chi connectivity index (χ0) is 14.6. The predicted molar refractivity (Wildman–Crippen MR) is 71.1 cm³/mol. The fraction of sp³-hybridized carbons (Fsp3) is 0.250. The van der Waals surface area contributed by atoms with E-state index in [9.17, 15) is 8.42 Å². The van der Waals surface area contributed by atoms with Crippen LogP contribution in [0.2, 0.25) is 0 Å². The van der Waals surface area contributed by atoms with Gasteiger partial charge in [-0.05, 0) is 12.1 Å². The van der Waals surface area contributed by atoms with Gasteiger partial charge in [0.05, 0.1) is 0 Å². The van der Waals surface area contributed by atoms with Crippen LogP contribution in [-0.2, 0) is 23.5 Å². The van der Waals surface area contributed by atoms with Crippen LogP contribution in [0, 0.1) is 11.3 Å². The van der Waals surface area contributed by atoms with E-state index in [1.807, 2.05) is 11.6 Å². The minimum absolute atomic E-state index is 0.109. The molecule has 2 rings (SSSR count). The molecular weight excluding hydrogens is 278 g/mol. The van der Waals surface area contributed by atoms with Gasteiger partial charge in [-0.15, -0.1) is 0 Å². The van der Waals surface area contributed by atoms with Crippen LogP contribution in [0.25, 0.3) is 0 Å². The molecule has 0 saturated carbocycles. The number of aryl methyl sites for hydroxylation is 1. The van der Waals surface area contributed by atoms with Crippen molar-refractivity contribution in [1.82, 2.24) is 19.3 Å². The van der Waals surface area contributed by atoms with Crippen molar-refractivity contribution in [1.29, 1.82) is 5.26 Å². The van der Waals surface area contributed by atoms with E-state index in [1.54, 1.807) is 18.5 Å². The minimum Gasteiger partial charge on any atom is -0.338 e. The average Bonchev–Trinajstić information content (AvgIpc) is 2.84. The Kier molecular flexibility index (Phi) is 4.12. The molecule has 8 heteroatoms. The summed E-state index contributed by atoms with van der Waals surface area (Å²) in [6, 6.07) is 4.60. The summed E-state index contributed by atoms with van der Waals surface area (Å²) in [6.07, 6.45) is 5.29. The van der Waals surface area contributed by atoms with Gasteiger partial charge < -0.3 is 4.57 Å². The highest BCUT2D eigenvalue weighted by Crippen LogP contribution is 2.11. The zero-order valence-corrected chi connectivity index (χ0v) is 11.6. The monoisotopic (exact) mass is 291 g/mol. The van der Waals surface area contributed by atoms with Crippen molar-refractivity contribution in [3.8, 4) is 6.07 Å². The Hall–Kier alpha value is -2.24. The number of imidazole rings is 1. The van der Waals surface area contributed by atoms with Crippen LogP contribution in [0.3, 0.4) is 0 Å². The van der Waals surface area contributed by atoms with E-state index in [-0.39, 0.29) is 17.1 Å². The summed E-state index contributed by atoms with van der Waals surface area (Å²) in [5, 5.41) is 8.88. The molecule has 0 bridgehead atoms. The summed E-state index contributed by atoms with van der Waals surface area (Å²) in [5.41, 5.74) is -0.114. The SMILES string of the molecule is Cn1ccnc1CCNS(=O)(=O)c1cccnc1C#N. The highest BCUT2D eigenvalue weighted by Gasteiger charge is 2.18. The number of nitriles is 1. The molecular formula is C12H13N5O2S. The first-order chi connectivity index (χ1) is 9.54. The first-order valence-corrected chi connectivity index (χ1v) is 7.34. The molecule has 0 aromatic carbocycles. The van der Waals surface area contributed by atoms with Gasteiger partial charge in [0, 0.05) is 38.6 Å². The fourth-order valence-corrected chi connectivity index (χ4v) is 2.84. The van der Waals surface area contributed by atoms with Crippen molar-refractivity contribution in [2.75, 3.05) is 6.54 Å². The minimum atomic E-state index is -3.74. The number of rotatable bonds is 5. The lowest BCUT2D eigenvalue weighted by molar-refractivity contribution is 0.579. The molecule has 0 aliphatic heterocycles. The van der Waals surface area contributed by atoms with E-state index in [0.29, 0.717) is 6.42 Å². The standard InChI is InChI=1S/C12H13N5O2S/c1-17-8-7-15-12(17)4-6-16-20(18,19)11-3-2-5-14-10(11)9-13/h2-3,5,7-8,16H,4,6H2,1H3. The molecule has 0 fully saturated rings. The van der Waals surface area contributed by atoms with Crippen molar-refractivity contribution in [2.24, 2.45) is 7.05 Å². The molecule has 0 saturated heterocycles. The summed E-state index contributed by atoms with van der Waals surface area (Å²) in [4.78, 5) is 7.74. The molecule has 20 heavy (non-hydrogen) atoms. The molecule has 0 aliphatic carbocycles. The quantitative estimate of drug-likeness (QED) is 0.848. The number of nitrogens with one attached hydrogen (secondary N) is 1. The molecule has 2 aromatic rings. The molecule has 104 valence electrons. The molecule has 0 radical (unpaired) electrons. The number of hydrogen-bond donors (Lipinski definition) is 1. The van der Waals surface area contributed by atoms with Crippen LogP contribution in [0.15, 0.2) is 35.6 Å². The van der Waals surface area contributed by atoms with Gasteiger partial charge in [-0.25, -0.2) is 23.1 Å². The summed E-state index contributed by atoms with van der Waals surface area (Å²) in [5.74, 6) is 0.777. The highest BCUT2D eigenvalue weighted by atomic mass is 32.2. The van der Waals surface area contributed by atoms with E-state index in [2.05, 4.69) is 14.7 Å². The van der Waals surface area contributed by atoms with E-state index in [4.69, 9.17) is 5.26 Å². The Morgan fingerprint density at radius 3 is 2.85 bits per heavy atom. The van der Waals surface area contributed by atoms with Crippen LogP contribution < -0.4 is 4.72 Å². The van der Waals surface area contributed by atoms with E-state index in [1.165, 1.54) is 18.3 Å². The second-order valence-corrected chi connectivity index (χ2v) is 5.80. The predicted octanol–water partition coefficient (Wildman–Crippen LogP) is 0.208. The summed E-state index contributed by atoms with van der Waals surface area (Å²) in [7, 11) is -1.90. The molecule has 1 N–H and O–H groups in total. The van der Waals surface area contributed by atoms with Gasteiger partial charge in [-0.3, -0.25) is 0 Å². The number of hydrogen-bond acceptors (Lipinski definition) is 5. The third-order valence-electron chi connectivity index (χ3n) is 2.73. The van der Waals surface area contributed by atoms with Gasteiger partial charge in [0.2, 0.25) is 10.0 Å². The maximum absolute atomic E-state index is 12.1. The maximum Gasteiger partial charge on any atom is 0.243 e. The topological polar surface area (TPSA) is 101 Å². The van der Waals surface area contributed by atoms with Crippen molar-refractivity contribution >= 4 is 10.0 Å². The summed E-state index contributed by atoms with van der Waals surface area (Å²) >= 11 is 0. The molecule has 0 aliphatic rings. The third kappa shape index (κ3) is 3.01. The largest absolute Gasteiger partial charge is 0.338 e. The third-order valence-corrected chi connectivity index (χ3v) is 4.22. The Labute approximate surface area is 117 Å². The van der Waals surface area contributed by atoms with Crippen LogP contribution in [-0.4, -0.2) is 29.5 Å². The second-order valence-electron chi connectivity index (χ2n) is 4.06. The molecule has 0 unspecified atom stereocenters. The molecule has 2 aromatic heterocycles. The first-order valence-electron chi connectivity index (χ1n) is 5.85. The van der Waals surface area contributed by atoms with E-state index < -0.39 is 10.0 Å². The zero-order valence-electron chi connectivity index (χ0n) is 10.8. The van der Waals surface area contributed by atoms with E-state index >= 15 is 0 Å². The van der Waals surface area contributed by atoms with Crippen molar-refractivity contribution in [3.63, 3.8) is 0 Å². The van der Waals surface area contributed by atoms with Crippen molar-refractivity contribution in [2.45, 2.75) is 11.3 Å². The van der Waals surface area contributed by atoms with Gasteiger partial charge >= 0.3 is 0 Å².